The first kappa shape index (κ1) is 9.97. The first-order valence-electron chi connectivity index (χ1n) is 5.70. The maximum Gasteiger partial charge on any atom is 0.313 e. The summed E-state index contributed by atoms with van der Waals surface area (Å²) in [5.41, 5.74) is -0.142. The van der Waals surface area contributed by atoms with Crippen molar-refractivity contribution in [2.45, 2.75) is 45.1 Å². The average molecular weight is 197 g/mol. The molecular weight excluding hydrogens is 178 g/mol. The van der Waals surface area contributed by atoms with Gasteiger partial charge in [0.05, 0.1) is 12.0 Å². The van der Waals surface area contributed by atoms with Crippen molar-refractivity contribution < 1.29 is 9.53 Å². The number of carbonyl (C=O) groups is 1. The molecule has 0 aromatic rings. The number of hydrogen-bond acceptors (Lipinski definition) is 3. The summed E-state index contributed by atoms with van der Waals surface area (Å²) in [7, 11) is 0. The highest BCUT2D eigenvalue weighted by Crippen LogP contribution is 2.51. The minimum absolute atomic E-state index is 0.0272. The van der Waals surface area contributed by atoms with Gasteiger partial charge in [0.15, 0.2) is 0 Å². The van der Waals surface area contributed by atoms with E-state index in [0.717, 1.165) is 25.8 Å². The summed E-state index contributed by atoms with van der Waals surface area (Å²) in [4.78, 5) is 11.8. The molecule has 2 fully saturated rings. The van der Waals surface area contributed by atoms with E-state index < -0.39 is 0 Å². The van der Waals surface area contributed by atoms with E-state index in [1.165, 1.54) is 12.8 Å². The lowest BCUT2D eigenvalue weighted by Crippen LogP contribution is -2.45. The molecule has 0 aromatic heterocycles. The molecule has 0 aromatic carbocycles. The topological polar surface area (TPSA) is 38.3 Å². The summed E-state index contributed by atoms with van der Waals surface area (Å²) in [5, 5.41) is 3.46. The Morgan fingerprint density at radius 2 is 2.29 bits per heavy atom. The summed E-state index contributed by atoms with van der Waals surface area (Å²) < 4.78 is 5.14. The van der Waals surface area contributed by atoms with Crippen molar-refractivity contribution in [1.29, 1.82) is 0 Å². The Bertz CT molecular complexity index is 217. The van der Waals surface area contributed by atoms with Gasteiger partial charge in [-0.2, -0.15) is 0 Å². The Hall–Kier alpha value is -0.570. The molecule has 1 saturated heterocycles. The van der Waals surface area contributed by atoms with Crippen LogP contribution < -0.4 is 5.32 Å². The molecule has 1 aliphatic carbocycles. The molecule has 3 heteroatoms. The third-order valence-electron chi connectivity index (χ3n) is 3.45. The van der Waals surface area contributed by atoms with Crippen LogP contribution in [0.15, 0.2) is 0 Å². The Morgan fingerprint density at radius 1 is 1.50 bits per heavy atom. The van der Waals surface area contributed by atoms with Crippen LogP contribution in [-0.4, -0.2) is 25.2 Å². The minimum atomic E-state index is -0.142. The van der Waals surface area contributed by atoms with E-state index >= 15 is 0 Å². The Kier molecular flexibility index (Phi) is 2.77. The second kappa shape index (κ2) is 3.89. The number of esters is 1. The van der Waals surface area contributed by atoms with E-state index in [4.69, 9.17) is 4.74 Å². The van der Waals surface area contributed by atoms with Gasteiger partial charge in [-0.25, -0.2) is 0 Å². The van der Waals surface area contributed by atoms with E-state index in [2.05, 4.69) is 5.32 Å². The summed E-state index contributed by atoms with van der Waals surface area (Å²) in [6.45, 7) is 3.45. The van der Waals surface area contributed by atoms with Crippen molar-refractivity contribution in [3.63, 3.8) is 0 Å². The number of rotatable bonds is 3. The molecule has 1 aliphatic heterocycles. The highest BCUT2D eigenvalue weighted by Gasteiger charge is 2.56. The summed E-state index contributed by atoms with van der Waals surface area (Å²) >= 11 is 0. The Balaban J connectivity index is 1.96. The van der Waals surface area contributed by atoms with Crippen LogP contribution in [0.4, 0.5) is 0 Å². The van der Waals surface area contributed by atoms with E-state index in [1.54, 1.807) is 0 Å². The molecule has 14 heavy (non-hydrogen) atoms. The van der Waals surface area contributed by atoms with Crippen LogP contribution in [0.2, 0.25) is 0 Å². The zero-order chi connectivity index (χ0) is 10.0. The first-order valence-corrected chi connectivity index (χ1v) is 5.70. The van der Waals surface area contributed by atoms with Crippen LogP contribution in [-0.2, 0) is 9.53 Å². The zero-order valence-electron chi connectivity index (χ0n) is 8.84. The van der Waals surface area contributed by atoms with Crippen LogP contribution in [0.3, 0.4) is 0 Å². The number of carbonyl (C=O) groups excluding carboxylic acids is 1. The number of hydrogen-bond donors (Lipinski definition) is 1. The van der Waals surface area contributed by atoms with Crippen LogP contribution >= 0.6 is 0 Å². The van der Waals surface area contributed by atoms with E-state index in [0.29, 0.717) is 12.6 Å². The smallest absolute Gasteiger partial charge is 0.313 e. The molecule has 1 atom stereocenters. The van der Waals surface area contributed by atoms with E-state index in [1.807, 2.05) is 6.92 Å². The summed E-state index contributed by atoms with van der Waals surface area (Å²) in [5.74, 6) is 0.0272. The van der Waals surface area contributed by atoms with Gasteiger partial charge in [-0.1, -0.05) is 6.42 Å². The second-order valence-electron chi connectivity index (χ2n) is 4.38. The minimum Gasteiger partial charge on any atom is -0.466 e. The van der Waals surface area contributed by atoms with Crippen LogP contribution in [0.5, 0.6) is 0 Å². The molecule has 1 heterocycles. The monoisotopic (exact) mass is 197 g/mol. The van der Waals surface area contributed by atoms with E-state index in [9.17, 15) is 4.79 Å². The first-order chi connectivity index (χ1) is 6.79. The van der Waals surface area contributed by atoms with Gasteiger partial charge < -0.3 is 10.1 Å². The van der Waals surface area contributed by atoms with Crippen molar-refractivity contribution in [3.05, 3.63) is 0 Å². The largest absolute Gasteiger partial charge is 0.466 e. The van der Waals surface area contributed by atoms with Crippen LogP contribution in [0.1, 0.15) is 39.0 Å². The molecule has 0 radical (unpaired) electrons. The molecule has 2 rings (SSSR count). The van der Waals surface area contributed by atoms with Crippen molar-refractivity contribution in [2.75, 3.05) is 13.2 Å². The summed E-state index contributed by atoms with van der Waals surface area (Å²) in [6.07, 6.45) is 5.67. The fraction of sp³-hybridized carbons (Fsp3) is 0.909. The quantitative estimate of drug-likeness (QED) is 0.696. The molecule has 0 amide bonds. The molecule has 1 saturated carbocycles. The molecule has 0 bridgehead atoms. The van der Waals surface area contributed by atoms with Gasteiger partial charge in [-0.05, 0) is 39.2 Å². The van der Waals surface area contributed by atoms with Crippen molar-refractivity contribution in [3.8, 4) is 0 Å². The third kappa shape index (κ3) is 1.65. The normalized spacial score (nSPS) is 29.6. The van der Waals surface area contributed by atoms with Gasteiger partial charge in [0, 0.05) is 6.04 Å². The number of piperidine rings is 1. The second-order valence-corrected chi connectivity index (χ2v) is 4.38. The maximum atomic E-state index is 11.8. The van der Waals surface area contributed by atoms with Crippen molar-refractivity contribution >= 4 is 5.97 Å². The Labute approximate surface area is 85.2 Å². The van der Waals surface area contributed by atoms with Crippen molar-refractivity contribution in [1.82, 2.24) is 5.32 Å². The number of ether oxygens (including phenoxy) is 1. The molecular formula is C11H19NO2. The molecule has 2 aliphatic rings. The highest BCUT2D eigenvalue weighted by atomic mass is 16.5. The predicted molar refractivity (Wildman–Crippen MR) is 53.9 cm³/mol. The van der Waals surface area contributed by atoms with Gasteiger partial charge >= 0.3 is 5.97 Å². The standard InChI is InChI=1S/C11H19NO2/c1-2-14-10(13)11(6-7-11)9-5-3-4-8-12-9/h9,12H,2-8H2,1H3. The lowest BCUT2D eigenvalue weighted by molar-refractivity contribution is -0.151. The fourth-order valence-corrected chi connectivity index (χ4v) is 2.43. The van der Waals surface area contributed by atoms with Gasteiger partial charge in [-0.3, -0.25) is 4.79 Å². The SMILES string of the molecule is CCOC(=O)C1(C2CCCCN2)CC1. The molecule has 1 N–H and O–H groups in total. The van der Waals surface area contributed by atoms with Gasteiger partial charge in [-0.15, -0.1) is 0 Å². The highest BCUT2D eigenvalue weighted by molar-refractivity contribution is 5.80. The van der Waals surface area contributed by atoms with Gasteiger partial charge in [0.1, 0.15) is 0 Å². The predicted octanol–water partition coefficient (Wildman–Crippen LogP) is 1.47. The maximum absolute atomic E-state index is 11.8. The van der Waals surface area contributed by atoms with Gasteiger partial charge in [0.25, 0.3) is 0 Å². The lowest BCUT2D eigenvalue weighted by atomic mass is 9.89. The number of nitrogens with one attached hydrogen (secondary N) is 1. The zero-order valence-corrected chi connectivity index (χ0v) is 8.84. The average Bonchev–Trinajstić information content (AvgIpc) is 3.00. The van der Waals surface area contributed by atoms with Crippen LogP contribution in [0, 0.1) is 5.41 Å². The molecule has 80 valence electrons. The molecule has 1 unspecified atom stereocenters. The third-order valence-corrected chi connectivity index (χ3v) is 3.45. The molecule has 3 nitrogen and oxygen atoms in total. The molecule has 0 spiro atoms. The van der Waals surface area contributed by atoms with Crippen LogP contribution in [0.25, 0.3) is 0 Å². The lowest BCUT2D eigenvalue weighted by Gasteiger charge is -2.29. The Morgan fingerprint density at radius 3 is 2.79 bits per heavy atom. The summed E-state index contributed by atoms with van der Waals surface area (Å²) in [6, 6.07) is 0.385. The van der Waals surface area contributed by atoms with Crippen molar-refractivity contribution in [2.24, 2.45) is 5.41 Å². The van der Waals surface area contributed by atoms with Gasteiger partial charge in [0.2, 0.25) is 0 Å². The van der Waals surface area contributed by atoms with E-state index in [-0.39, 0.29) is 11.4 Å². The fourth-order valence-electron chi connectivity index (χ4n) is 2.43.